The summed E-state index contributed by atoms with van der Waals surface area (Å²) in [6.07, 6.45) is 0. The number of carbonyl (C=O) groups excluding carboxylic acids is 1. The zero-order valence-electron chi connectivity index (χ0n) is 16.0. The van der Waals surface area contributed by atoms with Crippen LogP contribution in [-0.2, 0) is 0 Å². The van der Waals surface area contributed by atoms with E-state index in [-0.39, 0.29) is 12.7 Å². The highest BCUT2D eigenvalue weighted by molar-refractivity contribution is 7.22. The Morgan fingerprint density at radius 2 is 1.96 bits per heavy atom. The molecule has 1 aromatic heterocycles. The molecule has 0 saturated carbocycles. The molecule has 0 fully saturated rings. The molecule has 0 spiro atoms. The Morgan fingerprint density at radius 3 is 2.75 bits per heavy atom. The number of anilines is 1. The maximum absolute atomic E-state index is 13.3. The van der Waals surface area contributed by atoms with E-state index in [1.165, 1.54) is 11.3 Å². The van der Waals surface area contributed by atoms with Crippen LogP contribution in [0.1, 0.15) is 10.4 Å². The van der Waals surface area contributed by atoms with Crippen molar-refractivity contribution in [3.05, 3.63) is 42.0 Å². The van der Waals surface area contributed by atoms with E-state index in [1.807, 2.05) is 37.2 Å². The van der Waals surface area contributed by atoms with Crippen molar-refractivity contribution in [1.82, 2.24) is 9.88 Å². The summed E-state index contributed by atoms with van der Waals surface area (Å²) < 4.78 is 17.0. The van der Waals surface area contributed by atoms with Crippen LogP contribution >= 0.6 is 11.3 Å². The van der Waals surface area contributed by atoms with Gasteiger partial charge >= 0.3 is 0 Å². The number of hydrogen-bond acceptors (Lipinski definition) is 7. The molecule has 2 aromatic carbocycles. The van der Waals surface area contributed by atoms with Crippen molar-refractivity contribution in [3.8, 4) is 17.2 Å². The van der Waals surface area contributed by atoms with Crippen LogP contribution < -0.4 is 19.1 Å². The number of methoxy groups -OCH3 is 1. The Labute approximate surface area is 167 Å². The van der Waals surface area contributed by atoms with Crippen molar-refractivity contribution in [2.24, 2.45) is 0 Å². The van der Waals surface area contributed by atoms with Gasteiger partial charge in [0.2, 0.25) is 6.79 Å². The van der Waals surface area contributed by atoms with Crippen LogP contribution in [-0.4, -0.2) is 56.9 Å². The normalized spacial score (nSPS) is 12.6. The molecule has 1 aliphatic rings. The molecule has 0 N–H and O–H groups in total. The highest BCUT2D eigenvalue weighted by Gasteiger charge is 2.24. The van der Waals surface area contributed by atoms with Crippen LogP contribution in [0.5, 0.6) is 17.2 Å². The molecule has 1 amide bonds. The van der Waals surface area contributed by atoms with Gasteiger partial charge in [0.15, 0.2) is 16.6 Å². The molecule has 7 nitrogen and oxygen atoms in total. The Bertz CT molecular complexity index is 1020. The first-order valence-corrected chi connectivity index (χ1v) is 9.67. The van der Waals surface area contributed by atoms with Gasteiger partial charge in [0, 0.05) is 18.7 Å². The predicted molar refractivity (Wildman–Crippen MR) is 109 cm³/mol. The quantitative estimate of drug-likeness (QED) is 0.634. The van der Waals surface area contributed by atoms with Crippen LogP contribution in [0.25, 0.3) is 10.2 Å². The standard InChI is InChI=1S/C20H21N3O4S/c1-22(2)8-9-23(19(24)13-4-7-16-17(10-13)27-12-26-16)20-21-15-6-5-14(25-3)11-18(15)28-20/h4-7,10-11H,8-9,12H2,1-3H3. The van der Waals surface area contributed by atoms with Crippen molar-refractivity contribution in [2.75, 3.05) is 46.0 Å². The Balaban J connectivity index is 1.69. The van der Waals surface area contributed by atoms with Gasteiger partial charge in [-0.1, -0.05) is 11.3 Å². The first kappa shape index (κ1) is 18.5. The van der Waals surface area contributed by atoms with Crippen molar-refractivity contribution in [3.63, 3.8) is 0 Å². The highest BCUT2D eigenvalue weighted by atomic mass is 32.1. The summed E-state index contributed by atoms with van der Waals surface area (Å²) in [4.78, 5) is 21.7. The summed E-state index contributed by atoms with van der Waals surface area (Å²) in [5.41, 5.74) is 1.38. The largest absolute Gasteiger partial charge is 0.497 e. The van der Waals surface area contributed by atoms with Gasteiger partial charge in [-0.3, -0.25) is 9.69 Å². The molecule has 0 bridgehead atoms. The molecule has 28 heavy (non-hydrogen) atoms. The van der Waals surface area contributed by atoms with E-state index < -0.39 is 0 Å². The number of fused-ring (bicyclic) bond motifs is 2. The topological polar surface area (TPSA) is 64.1 Å². The van der Waals surface area contributed by atoms with Gasteiger partial charge in [-0.15, -0.1) is 0 Å². The number of ether oxygens (including phenoxy) is 3. The average molecular weight is 399 g/mol. The van der Waals surface area contributed by atoms with Crippen molar-refractivity contribution in [1.29, 1.82) is 0 Å². The van der Waals surface area contributed by atoms with Gasteiger partial charge in [-0.2, -0.15) is 0 Å². The number of aromatic nitrogens is 1. The number of hydrogen-bond donors (Lipinski definition) is 0. The van der Waals surface area contributed by atoms with Gasteiger partial charge in [0.05, 0.1) is 17.3 Å². The number of nitrogens with zero attached hydrogens (tertiary/aromatic N) is 3. The first-order valence-electron chi connectivity index (χ1n) is 8.86. The molecule has 3 aromatic rings. The van der Waals surface area contributed by atoms with E-state index in [9.17, 15) is 4.79 Å². The van der Waals surface area contributed by atoms with Gasteiger partial charge < -0.3 is 19.1 Å². The molecular formula is C20H21N3O4S. The summed E-state index contributed by atoms with van der Waals surface area (Å²) in [5.74, 6) is 1.90. The lowest BCUT2D eigenvalue weighted by molar-refractivity contribution is 0.0984. The zero-order chi connectivity index (χ0) is 19.7. The van der Waals surface area contributed by atoms with Gasteiger partial charge in [-0.25, -0.2) is 4.98 Å². The second kappa shape index (κ2) is 7.65. The highest BCUT2D eigenvalue weighted by Crippen LogP contribution is 2.35. The van der Waals surface area contributed by atoms with E-state index in [0.717, 1.165) is 22.5 Å². The molecule has 0 saturated heterocycles. The number of thiazole rings is 1. The monoisotopic (exact) mass is 399 g/mol. The minimum atomic E-state index is -0.119. The van der Waals surface area contributed by atoms with Gasteiger partial charge in [0.1, 0.15) is 5.75 Å². The maximum Gasteiger partial charge on any atom is 0.260 e. The minimum Gasteiger partial charge on any atom is -0.497 e. The second-order valence-corrected chi connectivity index (χ2v) is 7.67. The van der Waals surface area contributed by atoms with Crippen molar-refractivity contribution in [2.45, 2.75) is 0 Å². The molecule has 4 rings (SSSR count). The van der Waals surface area contributed by atoms with Crippen LogP contribution in [0.2, 0.25) is 0 Å². The minimum absolute atomic E-state index is 0.119. The van der Waals surface area contributed by atoms with E-state index in [4.69, 9.17) is 14.2 Å². The fourth-order valence-electron chi connectivity index (χ4n) is 2.90. The van der Waals surface area contributed by atoms with Crippen LogP contribution in [0.4, 0.5) is 5.13 Å². The summed E-state index contributed by atoms with van der Waals surface area (Å²) >= 11 is 1.47. The fraction of sp³-hybridized carbons (Fsp3) is 0.300. The number of benzene rings is 2. The summed E-state index contributed by atoms with van der Waals surface area (Å²) in [5, 5.41) is 0.660. The average Bonchev–Trinajstić information content (AvgIpc) is 3.32. The van der Waals surface area contributed by atoms with Crippen molar-refractivity contribution >= 4 is 32.6 Å². The molecular weight excluding hydrogens is 378 g/mol. The molecule has 0 atom stereocenters. The molecule has 0 aliphatic carbocycles. The third-order valence-corrected chi connectivity index (χ3v) is 5.49. The molecule has 8 heteroatoms. The van der Waals surface area contributed by atoms with Crippen LogP contribution in [0.3, 0.4) is 0 Å². The van der Waals surface area contributed by atoms with E-state index in [2.05, 4.69) is 4.98 Å². The Kier molecular flexibility index (Phi) is 5.06. The van der Waals surface area contributed by atoms with E-state index in [0.29, 0.717) is 28.7 Å². The lowest BCUT2D eigenvalue weighted by Crippen LogP contribution is -2.36. The Morgan fingerprint density at radius 1 is 1.14 bits per heavy atom. The summed E-state index contributed by atoms with van der Waals surface area (Å²) in [6, 6.07) is 11.0. The summed E-state index contributed by atoms with van der Waals surface area (Å²) in [7, 11) is 5.59. The molecule has 2 heterocycles. The van der Waals surface area contributed by atoms with E-state index in [1.54, 1.807) is 30.2 Å². The number of amides is 1. The number of likely N-dealkylation sites (N-methyl/N-ethyl adjacent to an activating group) is 1. The van der Waals surface area contributed by atoms with E-state index >= 15 is 0 Å². The third-order valence-electron chi connectivity index (χ3n) is 4.45. The lowest BCUT2D eigenvalue weighted by Gasteiger charge is -2.22. The first-order chi connectivity index (χ1) is 13.5. The predicted octanol–water partition coefficient (Wildman–Crippen LogP) is 3.24. The van der Waals surface area contributed by atoms with Crippen molar-refractivity contribution < 1.29 is 19.0 Å². The lowest BCUT2D eigenvalue weighted by atomic mass is 10.2. The summed E-state index contributed by atoms with van der Waals surface area (Å²) in [6.45, 7) is 1.42. The Hall–Kier alpha value is -2.84. The maximum atomic E-state index is 13.3. The molecule has 146 valence electrons. The fourth-order valence-corrected chi connectivity index (χ4v) is 3.92. The molecule has 1 aliphatic heterocycles. The van der Waals surface area contributed by atoms with Crippen LogP contribution in [0, 0.1) is 0 Å². The molecule has 0 unspecified atom stereocenters. The number of rotatable bonds is 6. The second-order valence-electron chi connectivity index (χ2n) is 6.66. The zero-order valence-corrected chi connectivity index (χ0v) is 16.8. The van der Waals surface area contributed by atoms with Crippen LogP contribution in [0.15, 0.2) is 36.4 Å². The number of carbonyl (C=O) groups is 1. The van der Waals surface area contributed by atoms with Gasteiger partial charge in [-0.05, 0) is 50.5 Å². The smallest absolute Gasteiger partial charge is 0.260 e. The molecule has 0 radical (unpaired) electrons. The third kappa shape index (κ3) is 3.61. The van der Waals surface area contributed by atoms with Gasteiger partial charge in [0.25, 0.3) is 5.91 Å². The SMILES string of the molecule is COc1ccc2nc(N(CCN(C)C)C(=O)c3ccc4c(c3)OCO4)sc2c1.